The molecule has 2 nitrogen and oxygen atoms in total. The summed E-state index contributed by atoms with van der Waals surface area (Å²) in [5.41, 5.74) is 0. The Bertz CT molecular complexity index is 214. The molecule has 17 heavy (non-hydrogen) atoms. The molecule has 1 unspecified atom stereocenters. The normalized spacial score (nSPS) is 18.7. The summed E-state index contributed by atoms with van der Waals surface area (Å²) in [5.74, 6) is 0.861. The fourth-order valence-electron chi connectivity index (χ4n) is 1.70. The van der Waals surface area contributed by atoms with Gasteiger partial charge in [-0.1, -0.05) is 13.8 Å². The molecule has 102 valence electrons. The summed E-state index contributed by atoms with van der Waals surface area (Å²) in [4.78, 5) is 0. The van der Waals surface area contributed by atoms with E-state index in [2.05, 4.69) is 23.9 Å². The first-order chi connectivity index (χ1) is 7.88. The second kappa shape index (κ2) is 6.59. The number of halogens is 3. The third kappa shape index (κ3) is 7.60. The molecule has 1 saturated carbocycles. The van der Waals surface area contributed by atoms with Crippen molar-refractivity contribution in [1.82, 2.24) is 5.32 Å². The van der Waals surface area contributed by atoms with Crippen LogP contribution in [0.3, 0.4) is 0 Å². The minimum Gasteiger partial charge on any atom is -0.372 e. The van der Waals surface area contributed by atoms with Crippen molar-refractivity contribution < 1.29 is 17.9 Å². The molecule has 0 radical (unpaired) electrons. The average molecular weight is 253 g/mol. The van der Waals surface area contributed by atoms with Crippen LogP contribution in [0.5, 0.6) is 0 Å². The highest BCUT2D eigenvalue weighted by atomic mass is 19.4. The molecular weight excluding hydrogens is 231 g/mol. The van der Waals surface area contributed by atoms with Gasteiger partial charge >= 0.3 is 6.18 Å². The SMILES string of the molecule is CC(C)C(CCOCC(F)(F)F)CNC1CC1. The third-order valence-corrected chi connectivity index (χ3v) is 3.09. The molecule has 0 aromatic heterocycles. The monoisotopic (exact) mass is 253 g/mol. The van der Waals surface area contributed by atoms with Crippen LogP contribution >= 0.6 is 0 Å². The quantitative estimate of drug-likeness (QED) is 0.671. The van der Waals surface area contributed by atoms with E-state index >= 15 is 0 Å². The maximum absolute atomic E-state index is 11.9. The van der Waals surface area contributed by atoms with Gasteiger partial charge in [0.15, 0.2) is 0 Å². The molecule has 0 aromatic rings. The molecule has 0 amide bonds. The van der Waals surface area contributed by atoms with E-state index in [0.717, 1.165) is 6.54 Å². The third-order valence-electron chi connectivity index (χ3n) is 3.09. The predicted molar refractivity (Wildman–Crippen MR) is 60.8 cm³/mol. The molecule has 1 atom stereocenters. The van der Waals surface area contributed by atoms with E-state index in [1.807, 2.05) is 0 Å². The van der Waals surface area contributed by atoms with Crippen molar-refractivity contribution in [3.63, 3.8) is 0 Å². The van der Waals surface area contributed by atoms with Gasteiger partial charge in [0.2, 0.25) is 0 Å². The summed E-state index contributed by atoms with van der Waals surface area (Å²) in [6, 6.07) is 0.646. The molecule has 0 heterocycles. The smallest absolute Gasteiger partial charge is 0.372 e. The fourth-order valence-corrected chi connectivity index (χ4v) is 1.70. The van der Waals surface area contributed by atoms with Crippen molar-refractivity contribution >= 4 is 0 Å². The lowest BCUT2D eigenvalue weighted by molar-refractivity contribution is -0.174. The molecule has 5 heteroatoms. The molecular formula is C12H22F3NO. The van der Waals surface area contributed by atoms with Crippen LogP contribution in [-0.2, 0) is 4.74 Å². The zero-order valence-corrected chi connectivity index (χ0v) is 10.5. The second-order valence-corrected chi connectivity index (χ2v) is 5.14. The Morgan fingerprint density at radius 1 is 1.29 bits per heavy atom. The molecule has 1 rings (SSSR count). The minimum atomic E-state index is -4.21. The topological polar surface area (TPSA) is 21.3 Å². The van der Waals surface area contributed by atoms with E-state index < -0.39 is 12.8 Å². The van der Waals surface area contributed by atoms with Crippen LogP contribution in [0, 0.1) is 11.8 Å². The van der Waals surface area contributed by atoms with Gasteiger partial charge in [-0.15, -0.1) is 0 Å². The number of alkyl halides is 3. The highest BCUT2D eigenvalue weighted by molar-refractivity contribution is 4.82. The van der Waals surface area contributed by atoms with E-state index in [-0.39, 0.29) is 6.61 Å². The van der Waals surface area contributed by atoms with Crippen LogP contribution in [-0.4, -0.2) is 32.0 Å². The summed E-state index contributed by atoms with van der Waals surface area (Å²) in [6.45, 7) is 4.15. The van der Waals surface area contributed by atoms with Gasteiger partial charge < -0.3 is 10.1 Å². The van der Waals surface area contributed by atoms with Gasteiger partial charge in [0.05, 0.1) is 0 Å². The first kappa shape index (κ1) is 14.8. The average Bonchev–Trinajstić information content (AvgIpc) is 2.98. The van der Waals surface area contributed by atoms with Crippen molar-refractivity contribution in [1.29, 1.82) is 0 Å². The molecule has 0 bridgehead atoms. The van der Waals surface area contributed by atoms with E-state index in [4.69, 9.17) is 0 Å². The van der Waals surface area contributed by atoms with Crippen molar-refractivity contribution in [3.05, 3.63) is 0 Å². The maximum Gasteiger partial charge on any atom is 0.411 e. The summed E-state index contributed by atoms with van der Waals surface area (Å²) in [5, 5.41) is 3.42. The number of nitrogens with one attached hydrogen (secondary N) is 1. The highest BCUT2D eigenvalue weighted by Crippen LogP contribution is 2.21. The Hall–Kier alpha value is -0.290. The van der Waals surface area contributed by atoms with E-state index in [9.17, 15) is 13.2 Å². The maximum atomic E-state index is 11.9. The zero-order valence-electron chi connectivity index (χ0n) is 10.5. The molecule has 1 N–H and O–H groups in total. The molecule has 1 aliphatic carbocycles. The standard InChI is InChI=1S/C12H22F3NO/c1-9(2)10(7-16-11-3-4-11)5-6-17-8-12(13,14)15/h9-11,16H,3-8H2,1-2H3. The second-order valence-electron chi connectivity index (χ2n) is 5.14. The van der Waals surface area contributed by atoms with E-state index in [0.29, 0.717) is 24.3 Å². The first-order valence-electron chi connectivity index (χ1n) is 6.26. The van der Waals surface area contributed by atoms with Gasteiger partial charge in [-0.25, -0.2) is 0 Å². The Kier molecular flexibility index (Phi) is 5.73. The summed E-state index contributed by atoms with van der Waals surface area (Å²) in [7, 11) is 0. The van der Waals surface area contributed by atoms with Gasteiger partial charge in [0.25, 0.3) is 0 Å². The van der Waals surface area contributed by atoms with Crippen LogP contribution in [0.2, 0.25) is 0 Å². The lowest BCUT2D eigenvalue weighted by Crippen LogP contribution is -2.29. The van der Waals surface area contributed by atoms with Crippen LogP contribution in [0.25, 0.3) is 0 Å². The molecule has 0 aromatic carbocycles. The van der Waals surface area contributed by atoms with Gasteiger partial charge in [0.1, 0.15) is 6.61 Å². The lowest BCUT2D eigenvalue weighted by atomic mass is 9.93. The number of hydrogen-bond acceptors (Lipinski definition) is 2. The number of ether oxygens (including phenoxy) is 1. The van der Waals surface area contributed by atoms with Crippen molar-refractivity contribution in [2.75, 3.05) is 19.8 Å². The van der Waals surface area contributed by atoms with Crippen LogP contribution in [0.4, 0.5) is 13.2 Å². The molecule has 0 spiro atoms. The van der Waals surface area contributed by atoms with Crippen molar-refractivity contribution in [3.8, 4) is 0 Å². The largest absolute Gasteiger partial charge is 0.411 e. The first-order valence-corrected chi connectivity index (χ1v) is 6.26. The fraction of sp³-hybridized carbons (Fsp3) is 1.00. The lowest BCUT2D eigenvalue weighted by Gasteiger charge is -2.21. The van der Waals surface area contributed by atoms with E-state index in [1.54, 1.807) is 0 Å². The molecule has 1 aliphatic rings. The summed E-state index contributed by atoms with van der Waals surface area (Å²) < 4.78 is 40.2. The number of rotatable bonds is 8. The van der Waals surface area contributed by atoms with Crippen molar-refractivity contribution in [2.45, 2.75) is 45.3 Å². The predicted octanol–water partition coefficient (Wildman–Crippen LogP) is 2.98. The Morgan fingerprint density at radius 3 is 2.41 bits per heavy atom. The van der Waals surface area contributed by atoms with Crippen LogP contribution in [0.1, 0.15) is 33.1 Å². The van der Waals surface area contributed by atoms with Crippen LogP contribution < -0.4 is 5.32 Å². The Balaban J connectivity index is 2.10. The minimum absolute atomic E-state index is 0.189. The molecule has 0 aliphatic heterocycles. The highest BCUT2D eigenvalue weighted by Gasteiger charge is 2.27. The van der Waals surface area contributed by atoms with Gasteiger partial charge in [0, 0.05) is 12.6 Å². The van der Waals surface area contributed by atoms with Crippen LogP contribution in [0.15, 0.2) is 0 Å². The Labute approximate surface area is 101 Å². The van der Waals surface area contributed by atoms with Gasteiger partial charge in [-0.2, -0.15) is 13.2 Å². The van der Waals surface area contributed by atoms with Gasteiger partial charge in [-0.3, -0.25) is 0 Å². The Morgan fingerprint density at radius 2 is 1.94 bits per heavy atom. The summed E-state index contributed by atoms with van der Waals surface area (Å²) >= 11 is 0. The number of hydrogen-bond donors (Lipinski definition) is 1. The molecule has 1 fully saturated rings. The zero-order chi connectivity index (χ0) is 12.9. The molecule has 0 saturated heterocycles. The van der Waals surface area contributed by atoms with Gasteiger partial charge in [-0.05, 0) is 37.6 Å². The van der Waals surface area contributed by atoms with E-state index in [1.165, 1.54) is 12.8 Å². The van der Waals surface area contributed by atoms with Crippen molar-refractivity contribution in [2.24, 2.45) is 11.8 Å². The summed E-state index contributed by atoms with van der Waals surface area (Å²) in [6.07, 6.45) is -1.06.